The van der Waals surface area contributed by atoms with E-state index in [0.717, 1.165) is 0 Å². The average Bonchev–Trinajstić information content (AvgIpc) is 2.76. The third-order valence-corrected chi connectivity index (χ3v) is 6.94. The molecule has 0 saturated carbocycles. The highest BCUT2D eigenvalue weighted by Gasteiger charge is 2.20. The molecule has 0 spiro atoms. The summed E-state index contributed by atoms with van der Waals surface area (Å²) >= 11 is 0. The zero-order chi connectivity index (χ0) is 18.3. The van der Waals surface area contributed by atoms with Gasteiger partial charge in [0.2, 0.25) is 0 Å². The summed E-state index contributed by atoms with van der Waals surface area (Å²) in [5.41, 5.74) is 2.51. The second kappa shape index (κ2) is 8.62. The third-order valence-electron chi connectivity index (χ3n) is 4.44. The van der Waals surface area contributed by atoms with E-state index >= 15 is 0 Å². The molecule has 27 heavy (non-hydrogen) atoms. The zero-order valence-corrected chi connectivity index (χ0v) is 16.0. The minimum atomic E-state index is -0.653. The maximum Gasteiger partial charge on any atom is -0.00727 e. The molecule has 0 aliphatic heterocycles. The summed E-state index contributed by atoms with van der Waals surface area (Å²) in [6, 6.07) is 43.1. The molecule has 4 aromatic carbocycles. The molecule has 0 atom stereocenters. The van der Waals surface area contributed by atoms with E-state index in [0.29, 0.717) is 0 Å². The minimum absolute atomic E-state index is 0.653. The van der Waals surface area contributed by atoms with Crippen molar-refractivity contribution in [3.8, 4) is 0 Å². The highest BCUT2D eigenvalue weighted by Crippen LogP contribution is 2.49. The first-order valence-corrected chi connectivity index (χ1v) is 10.5. The van der Waals surface area contributed by atoms with E-state index in [1.54, 1.807) is 0 Å². The standard InChI is InChI=1S/C26H21P/c1-5-13-22(14-6-1)21-26(23-15-7-2-8-16-23)27(24-17-9-3-10-18-24)25-19-11-4-12-20-25/h1-21H/b26-21-. The van der Waals surface area contributed by atoms with Gasteiger partial charge in [-0.05, 0) is 41.0 Å². The maximum atomic E-state index is 2.35. The first-order chi connectivity index (χ1) is 13.4. The summed E-state index contributed by atoms with van der Waals surface area (Å²) < 4.78 is 0. The van der Waals surface area contributed by atoms with E-state index in [-0.39, 0.29) is 0 Å². The van der Waals surface area contributed by atoms with Gasteiger partial charge < -0.3 is 0 Å². The molecule has 130 valence electrons. The Morgan fingerprint density at radius 3 is 1.37 bits per heavy atom. The van der Waals surface area contributed by atoms with Gasteiger partial charge in [-0.3, -0.25) is 0 Å². The summed E-state index contributed by atoms with van der Waals surface area (Å²) in [7, 11) is -0.653. The van der Waals surface area contributed by atoms with Crippen LogP contribution < -0.4 is 10.6 Å². The maximum absolute atomic E-state index is 2.35. The Balaban J connectivity index is 1.93. The Bertz CT molecular complexity index is 952. The number of rotatable bonds is 5. The summed E-state index contributed by atoms with van der Waals surface area (Å²) in [4.78, 5) is 0. The molecule has 0 nitrogen and oxygen atoms in total. The van der Waals surface area contributed by atoms with Crippen LogP contribution in [0.5, 0.6) is 0 Å². The predicted molar refractivity (Wildman–Crippen MR) is 120 cm³/mol. The lowest BCUT2D eigenvalue weighted by molar-refractivity contribution is 1.63. The minimum Gasteiger partial charge on any atom is -0.0622 e. The van der Waals surface area contributed by atoms with Crippen molar-refractivity contribution in [3.63, 3.8) is 0 Å². The van der Waals surface area contributed by atoms with Crippen LogP contribution in [-0.4, -0.2) is 0 Å². The van der Waals surface area contributed by atoms with Gasteiger partial charge >= 0.3 is 0 Å². The third kappa shape index (κ3) is 4.25. The number of benzene rings is 4. The van der Waals surface area contributed by atoms with E-state index in [9.17, 15) is 0 Å². The van der Waals surface area contributed by atoms with Crippen LogP contribution in [0.2, 0.25) is 0 Å². The molecular formula is C26H21P. The lowest BCUT2D eigenvalue weighted by atomic mass is 10.1. The lowest BCUT2D eigenvalue weighted by Crippen LogP contribution is -2.12. The van der Waals surface area contributed by atoms with Crippen molar-refractivity contribution >= 4 is 29.9 Å². The second-order valence-electron chi connectivity index (χ2n) is 6.31. The molecule has 0 saturated heterocycles. The molecule has 0 unspecified atom stereocenters. The van der Waals surface area contributed by atoms with Gasteiger partial charge in [0.1, 0.15) is 0 Å². The highest BCUT2D eigenvalue weighted by molar-refractivity contribution is 7.82. The first kappa shape index (κ1) is 17.5. The molecule has 0 heterocycles. The Labute approximate surface area is 162 Å². The smallest absolute Gasteiger partial charge is 0.00727 e. The summed E-state index contributed by atoms with van der Waals surface area (Å²) in [5.74, 6) is 0. The molecule has 0 aromatic heterocycles. The highest BCUT2D eigenvalue weighted by atomic mass is 31.1. The van der Waals surface area contributed by atoms with Crippen molar-refractivity contribution in [2.24, 2.45) is 0 Å². The molecule has 0 N–H and O–H groups in total. The van der Waals surface area contributed by atoms with Crippen molar-refractivity contribution in [2.45, 2.75) is 0 Å². The monoisotopic (exact) mass is 364 g/mol. The molecule has 4 rings (SSSR count). The van der Waals surface area contributed by atoms with E-state index in [1.807, 2.05) is 0 Å². The molecule has 0 radical (unpaired) electrons. The van der Waals surface area contributed by atoms with Gasteiger partial charge in [-0.15, -0.1) is 0 Å². The van der Waals surface area contributed by atoms with Crippen LogP contribution in [0.25, 0.3) is 11.4 Å². The normalized spacial score (nSPS) is 11.5. The quantitative estimate of drug-likeness (QED) is 0.287. The van der Waals surface area contributed by atoms with Gasteiger partial charge in [0.25, 0.3) is 0 Å². The molecular weight excluding hydrogens is 343 g/mol. The van der Waals surface area contributed by atoms with Crippen LogP contribution in [0, 0.1) is 0 Å². The Morgan fingerprint density at radius 1 is 0.481 bits per heavy atom. The van der Waals surface area contributed by atoms with Crippen molar-refractivity contribution in [1.29, 1.82) is 0 Å². The van der Waals surface area contributed by atoms with E-state index in [2.05, 4.69) is 127 Å². The van der Waals surface area contributed by atoms with Gasteiger partial charge in [0.15, 0.2) is 0 Å². The Morgan fingerprint density at radius 2 is 0.889 bits per heavy atom. The summed E-state index contributed by atoms with van der Waals surface area (Å²) in [6.45, 7) is 0. The molecule has 0 aliphatic carbocycles. The van der Waals surface area contributed by atoms with Gasteiger partial charge in [-0.2, -0.15) is 0 Å². The molecule has 0 aliphatic rings. The fourth-order valence-electron chi connectivity index (χ4n) is 3.17. The number of hydrogen-bond acceptors (Lipinski definition) is 0. The van der Waals surface area contributed by atoms with Crippen LogP contribution >= 0.6 is 7.92 Å². The van der Waals surface area contributed by atoms with Gasteiger partial charge in [-0.25, -0.2) is 0 Å². The molecule has 0 fully saturated rings. The first-order valence-electron chi connectivity index (χ1n) is 9.14. The van der Waals surface area contributed by atoms with E-state index < -0.39 is 7.92 Å². The number of hydrogen-bond donors (Lipinski definition) is 0. The SMILES string of the molecule is C(=C(\c1ccccc1)P(c1ccccc1)c1ccccc1)/c1ccccc1. The zero-order valence-electron chi connectivity index (χ0n) is 15.1. The van der Waals surface area contributed by atoms with Crippen LogP contribution in [0.4, 0.5) is 0 Å². The van der Waals surface area contributed by atoms with Gasteiger partial charge in [0.05, 0.1) is 0 Å². The fraction of sp³-hybridized carbons (Fsp3) is 0. The lowest BCUT2D eigenvalue weighted by Gasteiger charge is -2.23. The van der Waals surface area contributed by atoms with Crippen LogP contribution in [-0.2, 0) is 0 Å². The Kier molecular flexibility index (Phi) is 5.58. The van der Waals surface area contributed by atoms with Gasteiger partial charge in [-0.1, -0.05) is 121 Å². The largest absolute Gasteiger partial charge is 0.0622 e. The average molecular weight is 364 g/mol. The van der Waals surface area contributed by atoms with Crippen molar-refractivity contribution < 1.29 is 0 Å². The van der Waals surface area contributed by atoms with Crippen LogP contribution in [0.15, 0.2) is 121 Å². The second-order valence-corrected chi connectivity index (χ2v) is 8.50. The van der Waals surface area contributed by atoms with E-state index in [4.69, 9.17) is 0 Å². The van der Waals surface area contributed by atoms with Crippen molar-refractivity contribution in [2.75, 3.05) is 0 Å². The summed E-state index contributed by atoms with van der Waals surface area (Å²) in [5, 5.41) is 4.10. The molecule has 0 bridgehead atoms. The fourth-order valence-corrected chi connectivity index (χ4v) is 5.65. The Hall–Kier alpha value is -2.95. The van der Waals surface area contributed by atoms with Crippen LogP contribution in [0.1, 0.15) is 11.1 Å². The van der Waals surface area contributed by atoms with Crippen molar-refractivity contribution in [1.82, 2.24) is 0 Å². The van der Waals surface area contributed by atoms with Gasteiger partial charge in [0, 0.05) is 0 Å². The molecule has 0 amide bonds. The predicted octanol–water partition coefficient (Wildman–Crippen LogP) is 6.32. The van der Waals surface area contributed by atoms with Crippen LogP contribution in [0.3, 0.4) is 0 Å². The summed E-state index contributed by atoms with van der Waals surface area (Å²) in [6.07, 6.45) is 2.35. The van der Waals surface area contributed by atoms with E-state index in [1.165, 1.54) is 27.1 Å². The molecule has 1 heteroatoms. The topological polar surface area (TPSA) is 0 Å². The molecule has 4 aromatic rings. The van der Waals surface area contributed by atoms with Crippen molar-refractivity contribution in [3.05, 3.63) is 132 Å².